The molecular formula is C22H22N2O5. The Morgan fingerprint density at radius 1 is 1.10 bits per heavy atom. The van der Waals surface area contributed by atoms with Crippen LogP contribution in [0.3, 0.4) is 0 Å². The molecule has 1 amide bonds. The van der Waals surface area contributed by atoms with Gasteiger partial charge in [-0.25, -0.2) is 4.79 Å². The number of carbonyl (C=O) groups excluding carboxylic acids is 2. The van der Waals surface area contributed by atoms with Crippen LogP contribution in [0.5, 0.6) is 0 Å². The number of aromatic amines is 1. The van der Waals surface area contributed by atoms with Crippen LogP contribution in [-0.2, 0) is 19.4 Å². The molecule has 150 valence electrons. The van der Waals surface area contributed by atoms with E-state index in [0.717, 1.165) is 11.1 Å². The molecule has 4 rings (SSSR count). The molecule has 0 unspecified atom stereocenters. The van der Waals surface area contributed by atoms with Crippen molar-refractivity contribution in [1.29, 1.82) is 0 Å². The Morgan fingerprint density at radius 2 is 1.86 bits per heavy atom. The zero-order valence-corrected chi connectivity index (χ0v) is 16.4. The first-order valence-corrected chi connectivity index (χ1v) is 9.58. The smallest absolute Gasteiger partial charge is 0.335 e. The number of nitrogens with one attached hydrogen (secondary N) is 1. The monoisotopic (exact) mass is 394 g/mol. The van der Waals surface area contributed by atoms with E-state index >= 15 is 0 Å². The number of fused-ring (bicyclic) bond motifs is 2. The fourth-order valence-electron chi connectivity index (χ4n) is 4.22. The van der Waals surface area contributed by atoms with E-state index in [1.54, 1.807) is 18.2 Å². The quantitative estimate of drug-likeness (QED) is 0.813. The highest BCUT2D eigenvalue weighted by Gasteiger charge is 2.33. The van der Waals surface area contributed by atoms with Crippen molar-refractivity contribution in [2.75, 3.05) is 6.54 Å². The lowest BCUT2D eigenvalue weighted by Gasteiger charge is -2.31. The first-order valence-electron chi connectivity index (χ1n) is 9.58. The van der Waals surface area contributed by atoms with Gasteiger partial charge in [-0.15, -0.1) is 0 Å². The second kappa shape index (κ2) is 6.69. The van der Waals surface area contributed by atoms with E-state index < -0.39 is 17.4 Å². The summed E-state index contributed by atoms with van der Waals surface area (Å²) in [6, 6.07) is 6.32. The number of carbonyl (C=O) groups is 3. The van der Waals surface area contributed by atoms with Gasteiger partial charge in [0.15, 0.2) is 5.78 Å². The Hall–Kier alpha value is -3.22. The van der Waals surface area contributed by atoms with Gasteiger partial charge in [-0.05, 0) is 47.6 Å². The summed E-state index contributed by atoms with van der Waals surface area (Å²) in [5, 5.41) is 9.19. The molecule has 2 aromatic rings. The minimum Gasteiger partial charge on any atom is -0.478 e. The molecule has 29 heavy (non-hydrogen) atoms. The first kappa shape index (κ1) is 19.1. The molecule has 0 atom stereocenters. The SMILES string of the molecule is CC1(C)CC(=O)c2cc(C(=O)N3CCc4ccc(C(=O)O)cc4C3)c(=O)[nH]c2C1. The van der Waals surface area contributed by atoms with Crippen molar-refractivity contribution in [3.05, 3.63) is 68.1 Å². The summed E-state index contributed by atoms with van der Waals surface area (Å²) < 4.78 is 0. The van der Waals surface area contributed by atoms with E-state index in [1.807, 2.05) is 13.8 Å². The molecule has 2 N–H and O–H groups in total. The van der Waals surface area contributed by atoms with Crippen LogP contribution in [0.25, 0.3) is 0 Å². The van der Waals surface area contributed by atoms with Gasteiger partial charge in [-0.1, -0.05) is 19.9 Å². The third-order valence-electron chi connectivity index (χ3n) is 5.70. The van der Waals surface area contributed by atoms with Crippen LogP contribution < -0.4 is 5.56 Å². The van der Waals surface area contributed by atoms with Crippen LogP contribution in [0.4, 0.5) is 0 Å². The Balaban J connectivity index is 1.65. The number of Topliss-reactive ketones (excluding diaryl/α,β-unsaturated/α-hetero) is 1. The number of benzene rings is 1. The molecule has 7 heteroatoms. The fraction of sp³-hybridized carbons (Fsp3) is 0.364. The molecule has 0 bridgehead atoms. The Labute approximate surface area is 167 Å². The number of carboxylic acids is 1. The van der Waals surface area contributed by atoms with Gasteiger partial charge >= 0.3 is 5.97 Å². The molecule has 0 saturated heterocycles. The highest BCUT2D eigenvalue weighted by Crippen LogP contribution is 2.33. The van der Waals surface area contributed by atoms with Crippen LogP contribution in [0, 0.1) is 5.41 Å². The molecule has 1 aromatic carbocycles. The predicted octanol–water partition coefficient (Wildman–Crippen LogP) is 2.43. The van der Waals surface area contributed by atoms with Crippen molar-refractivity contribution in [3.8, 4) is 0 Å². The molecule has 0 radical (unpaired) electrons. The van der Waals surface area contributed by atoms with Crippen LogP contribution in [-0.4, -0.2) is 39.2 Å². The lowest BCUT2D eigenvalue weighted by molar-refractivity contribution is 0.0696. The van der Waals surface area contributed by atoms with Gasteiger partial charge in [-0.2, -0.15) is 0 Å². The van der Waals surface area contributed by atoms with E-state index in [1.165, 1.54) is 11.0 Å². The summed E-state index contributed by atoms with van der Waals surface area (Å²) in [7, 11) is 0. The second-order valence-electron chi connectivity index (χ2n) is 8.61. The molecule has 1 aliphatic heterocycles. The summed E-state index contributed by atoms with van der Waals surface area (Å²) >= 11 is 0. The molecule has 1 aromatic heterocycles. The number of amides is 1. The summed E-state index contributed by atoms with van der Waals surface area (Å²) in [6.07, 6.45) is 1.53. The number of pyridine rings is 1. The molecule has 0 fully saturated rings. The number of carboxylic acid groups (broad SMARTS) is 1. The molecule has 2 aliphatic rings. The van der Waals surface area contributed by atoms with Crippen molar-refractivity contribution in [2.45, 2.75) is 39.7 Å². The Kier molecular flexibility index (Phi) is 4.41. The topological polar surface area (TPSA) is 108 Å². The van der Waals surface area contributed by atoms with Gasteiger partial charge in [0.25, 0.3) is 11.5 Å². The molecule has 1 aliphatic carbocycles. The highest BCUT2D eigenvalue weighted by molar-refractivity contribution is 6.02. The number of aromatic nitrogens is 1. The van der Waals surface area contributed by atoms with Crippen molar-refractivity contribution in [3.63, 3.8) is 0 Å². The van der Waals surface area contributed by atoms with Gasteiger partial charge in [0.1, 0.15) is 5.56 Å². The molecule has 0 spiro atoms. The maximum absolute atomic E-state index is 13.0. The Morgan fingerprint density at radius 3 is 2.59 bits per heavy atom. The summed E-state index contributed by atoms with van der Waals surface area (Å²) in [4.78, 5) is 53.7. The molecular weight excluding hydrogens is 372 g/mol. The van der Waals surface area contributed by atoms with Crippen LogP contribution >= 0.6 is 0 Å². The maximum Gasteiger partial charge on any atom is 0.335 e. The van der Waals surface area contributed by atoms with Crippen LogP contribution in [0.1, 0.15) is 68.2 Å². The van der Waals surface area contributed by atoms with Crippen LogP contribution in [0.2, 0.25) is 0 Å². The minimum atomic E-state index is -1.02. The van der Waals surface area contributed by atoms with Gasteiger partial charge in [0.2, 0.25) is 0 Å². The summed E-state index contributed by atoms with van der Waals surface area (Å²) in [5.41, 5.74) is 2.15. The lowest BCUT2D eigenvalue weighted by atomic mass is 9.75. The maximum atomic E-state index is 13.0. The number of nitrogens with zero attached hydrogens (tertiary/aromatic N) is 1. The van der Waals surface area contributed by atoms with Crippen molar-refractivity contribution in [1.82, 2.24) is 9.88 Å². The third-order valence-corrected chi connectivity index (χ3v) is 5.70. The van der Waals surface area contributed by atoms with Gasteiger partial charge in [-0.3, -0.25) is 14.4 Å². The number of ketones is 1. The molecule has 0 saturated carbocycles. The normalized spacial score (nSPS) is 17.4. The number of H-pyrrole nitrogens is 1. The minimum absolute atomic E-state index is 0.0466. The largest absolute Gasteiger partial charge is 0.478 e. The fourth-order valence-corrected chi connectivity index (χ4v) is 4.22. The summed E-state index contributed by atoms with van der Waals surface area (Å²) in [6.45, 7) is 4.60. The number of aromatic carboxylic acids is 1. The standard InChI is InChI=1S/C22H22N2O5/c1-22(2)9-17-15(18(25)10-22)8-16(19(26)23-17)20(27)24-6-5-12-3-4-13(21(28)29)7-14(12)11-24/h3-4,7-8H,5-6,9-11H2,1-2H3,(H,23,26)(H,28,29). The van der Waals surface area contributed by atoms with E-state index in [-0.39, 0.29) is 28.9 Å². The van der Waals surface area contributed by atoms with E-state index in [4.69, 9.17) is 0 Å². The van der Waals surface area contributed by atoms with E-state index in [0.29, 0.717) is 37.1 Å². The van der Waals surface area contributed by atoms with Crippen molar-refractivity contribution >= 4 is 17.7 Å². The van der Waals surface area contributed by atoms with Crippen LogP contribution in [0.15, 0.2) is 29.1 Å². The molecule has 7 nitrogen and oxygen atoms in total. The van der Waals surface area contributed by atoms with E-state index in [9.17, 15) is 24.3 Å². The van der Waals surface area contributed by atoms with Crippen molar-refractivity contribution < 1.29 is 19.5 Å². The highest BCUT2D eigenvalue weighted by atomic mass is 16.4. The van der Waals surface area contributed by atoms with Gasteiger partial charge in [0, 0.05) is 30.8 Å². The van der Waals surface area contributed by atoms with Gasteiger partial charge in [0.05, 0.1) is 5.56 Å². The first-order chi connectivity index (χ1) is 13.6. The third kappa shape index (κ3) is 3.48. The summed E-state index contributed by atoms with van der Waals surface area (Å²) in [5.74, 6) is -1.54. The second-order valence-corrected chi connectivity index (χ2v) is 8.61. The zero-order chi connectivity index (χ0) is 20.9. The average Bonchev–Trinajstić information content (AvgIpc) is 2.65. The number of rotatable bonds is 2. The molecule has 2 heterocycles. The Bertz CT molecular complexity index is 1110. The zero-order valence-electron chi connectivity index (χ0n) is 16.4. The average molecular weight is 394 g/mol. The predicted molar refractivity (Wildman–Crippen MR) is 105 cm³/mol. The van der Waals surface area contributed by atoms with E-state index in [2.05, 4.69) is 4.98 Å². The lowest BCUT2D eigenvalue weighted by Crippen LogP contribution is -2.40. The number of hydrogen-bond acceptors (Lipinski definition) is 4. The van der Waals surface area contributed by atoms with Gasteiger partial charge < -0.3 is 15.0 Å². The van der Waals surface area contributed by atoms with Crippen molar-refractivity contribution in [2.24, 2.45) is 5.41 Å². The number of hydrogen-bond donors (Lipinski definition) is 2.